The molecule has 0 saturated carbocycles. The zero-order valence-corrected chi connectivity index (χ0v) is 12.4. The summed E-state index contributed by atoms with van der Waals surface area (Å²) < 4.78 is 0. The van der Waals surface area contributed by atoms with Gasteiger partial charge in [0.25, 0.3) is 0 Å². The number of hydrogen-bond acceptors (Lipinski definition) is 2. The third-order valence-corrected chi connectivity index (χ3v) is 3.89. The molecule has 3 heteroatoms. The predicted molar refractivity (Wildman–Crippen MR) is 79.0 cm³/mol. The van der Waals surface area contributed by atoms with Crippen LogP contribution in [0.5, 0.6) is 0 Å². The summed E-state index contributed by atoms with van der Waals surface area (Å²) in [6.07, 6.45) is 2.15. The average molecular weight is 272 g/mol. The first-order valence-corrected chi connectivity index (χ1v) is 7.52. The van der Waals surface area contributed by atoms with Gasteiger partial charge in [0.1, 0.15) is 0 Å². The summed E-state index contributed by atoms with van der Waals surface area (Å²) in [6, 6.07) is 6.31. The number of benzene rings is 1. The van der Waals surface area contributed by atoms with Gasteiger partial charge in [0.15, 0.2) is 0 Å². The number of rotatable bonds is 6. The van der Waals surface area contributed by atoms with Crippen molar-refractivity contribution in [3.05, 3.63) is 28.8 Å². The summed E-state index contributed by atoms with van der Waals surface area (Å²) in [4.78, 5) is 1.29. The molecule has 0 aromatic heterocycles. The first-order valence-electron chi connectivity index (χ1n) is 6.16. The number of hydrogen-bond donors (Lipinski definition) is 1. The maximum Gasteiger partial charge on any atom is 0.0417 e. The van der Waals surface area contributed by atoms with Crippen LogP contribution in [0.2, 0.25) is 5.02 Å². The molecule has 1 unspecified atom stereocenters. The highest BCUT2D eigenvalue weighted by Crippen LogP contribution is 2.28. The lowest BCUT2D eigenvalue weighted by molar-refractivity contribution is 0.632. The lowest BCUT2D eigenvalue weighted by Crippen LogP contribution is -2.18. The third kappa shape index (κ3) is 5.80. The van der Waals surface area contributed by atoms with Crippen LogP contribution in [0.25, 0.3) is 0 Å². The van der Waals surface area contributed by atoms with Gasteiger partial charge in [-0.3, -0.25) is 0 Å². The van der Waals surface area contributed by atoms with E-state index in [2.05, 4.69) is 26.0 Å². The fourth-order valence-corrected chi connectivity index (χ4v) is 3.18. The topological polar surface area (TPSA) is 26.0 Å². The van der Waals surface area contributed by atoms with Gasteiger partial charge in [-0.05, 0) is 49.1 Å². The van der Waals surface area contributed by atoms with Gasteiger partial charge in [0, 0.05) is 16.0 Å². The Hall–Kier alpha value is -0.180. The molecule has 2 N–H and O–H groups in total. The van der Waals surface area contributed by atoms with Crippen molar-refractivity contribution in [2.24, 2.45) is 11.7 Å². The van der Waals surface area contributed by atoms with Crippen LogP contribution < -0.4 is 5.73 Å². The molecule has 0 radical (unpaired) electrons. The lowest BCUT2D eigenvalue weighted by atomic mass is 10.1. The molecule has 1 atom stereocenters. The zero-order chi connectivity index (χ0) is 12.8. The maximum atomic E-state index is 6.05. The van der Waals surface area contributed by atoms with Crippen molar-refractivity contribution in [3.63, 3.8) is 0 Å². The molecule has 0 bridgehead atoms. The van der Waals surface area contributed by atoms with Crippen LogP contribution in [0.1, 0.15) is 32.8 Å². The molecule has 0 amide bonds. The first-order chi connectivity index (χ1) is 7.99. The zero-order valence-electron chi connectivity index (χ0n) is 10.9. The summed E-state index contributed by atoms with van der Waals surface area (Å²) >= 11 is 7.94. The van der Waals surface area contributed by atoms with E-state index in [4.69, 9.17) is 17.3 Å². The number of thioether (sulfide) groups is 1. The van der Waals surface area contributed by atoms with E-state index in [9.17, 15) is 0 Å². The lowest BCUT2D eigenvalue weighted by Gasteiger charge is -2.12. The van der Waals surface area contributed by atoms with Gasteiger partial charge in [-0.15, -0.1) is 11.8 Å². The second-order valence-electron chi connectivity index (χ2n) is 4.96. The highest BCUT2D eigenvalue weighted by molar-refractivity contribution is 7.99. The second-order valence-corrected chi connectivity index (χ2v) is 6.54. The van der Waals surface area contributed by atoms with E-state index >= 15 is 0 Å². The van der Waals surface area contributed by atoms with E-state index in [1.165, 1.54) is 16.9 Å². The Morgan fingerprint density at radius 2 is 2.00 bits per heavy atom. The molecule has 17 heavy (non-hydrogen) atoms. The molecule has 1 rings (SSSR count). The fraction of sp³-hybridized carbons (Fsp3) is 0.571. The van der Waals surface area contributed by atoms with Crippen molar-refractivity contribution in [3.8, 4) is 0 Å². The van der Waals surface area contributed by atoms with E-state index in [0.29, 0.717) is 0 Å². The number of nitrogens with two attached hydrogens (primary N) is 1. The van der Waals surface area contributed by atoms with Crippen LogP contribution in [0.15, 0.2) is 23.1 Å². The minimum absolute atomic E-state index is 0.195. The molecule has 96 valence electrons. The summed E-state index contributed by atoms with van der Waals surface area (Å²) in [7, 11) is 0. The molecule has 1 nitrogen and oxygen atoms in total. The Kier molecular flexibility index (Phi) is 6.39. The first kappa shape index (κ1) is 14.9. The van der Waals surface area contributed by atoms with Crippen LogP contribution in [-0.2, 0) is 6.42 Å². The Labute approximate surface area is 114 Å². The van der Waals surface area contributed by atoms with E-state index < -0.39 is 0 Å². The smallest absolute Gasteiger partial charge is 0.0417 e. The Morgan fingerprint density at radius 1 is 1.29 bits per heavy atom. The van der Waals surface area contributed by atoms with Crippen molar-refractivity contribution < 1.29 is 0 Å². The van der Waals surface area contributed by atoms with Gasteiger partial charge < -0.3 is 5.73 Å². The molecule has 0 aliphatic rings. The minimum atomic E-state index is 0.195. The van der Waals surface area contributed by atoms with E-state index in [1.807, 2.05) is 24.8 Å². The Balaban J connectivity index is 2.69. The van der Waals surface area contributed by atoms with Crippen LogP contribution in [0.3, 0.4) is 0 Å². The summed E-state index contributed by atoms with van der Waals surface area (Å²) in [5, 5.41) is 0.811. The molecule has 0 fully saturated rings. The van der Waals surface area contributed by atoms with Crippen molar-refractivity contribution in [2.45, 2.75) is 44.6 Å². The third-order valence-electron chi connectivity index (χ3n) is 2.52. The Bertz CT molecular complexity index is 350. The summed E-state index contributed by atoms with van der Waals surface area (Å²) in [6.45, 7) is 6.54. The molecule has 0 aliphatic carbocycles. The van der Waals surface area contributed by atoms with Gasteiger partial charge in [-0.25, -0.2) is 0 Å². The van der Waals surface area contributed by atoms with Gasteiger partial charge in [-0.1, -0.05) is 31.5 Å². The van der Waals surface area contributed by atoms with Crippen molar-refractivity contribution in [1.29, 1.82) is 0 Å². The number of halogens is 1. The SMILES string of the molecule is CC(C)CCSc1cc(Cl)ccc1CC(C)N. The van der Waals surface area contributed by atoms with Gasteiger partial charge in [0.05, 0.1) is 0 Å². The largest absolute Gasteiger partial charge is 0.328 e. The molecule has 0 saturated heterocycles. The van der Waals surface area contributed by atoms with Crippen LogP contribution in [0, 0.1) is 5.92 Å². The quantitative estimate of drug-likeness (QED) is 0.778. The van der Waals surface area contributed by atoms with Crippen LogP contribution in [-0.4, -0.2) is 11.8 Å². The molecule has 1 aromatic carbocycles. The molecule has 0 aliphatic heterocycles. The maximum absolute atomic E-state index is 6.05. The molecular formula is C14H22ClNS. The van der Waals surface area contributed by atoms with Crippen LogP contribution >= 0.6 is 23.4 Å². The van der Waals surface area contributed by atoms with Crippen LogP contribution in [0.4, 0.5) is 0 Å². The average Bonchev–Trinajstić information content (AvgIpc) is 2.21. The molecule has 0 spiro atoms. The Morgan fingerprint density at radius 3 is 2.59 bits per heavy atom. The fourth-order valence-electron chi connectivity index (χ4n) is 1.58. The monoisotopic (exact) mass is 271 g/mol. The second kappa shape index (κ2) is 7.30. The molecular weight excluding hydrogens is 250 g/mol. The van der Waals surface area contributed by atoms with E-state index in [-0.39, 0.29) is 6.04 Å². The molecule has 0 heterocycles. The van der Waals surface area contributed by atoms with Gasteiger partial charge >= 0.3 is 0 Å². The van der Waals surface area contributed by atoms with E-state index in [0.717, 1.165) is 23.1 Å². The van der Waals surface area contributed by atoms with Gasteiger partial charge in [0.2, 0.25) is 0 Å². The van der Waals surface area contributed by atoms with E-state index in [1.54, 1.807) is 0 Å². The summed E-state index contributed by atoms with van der Waals surface area (Å²) in [5.74, 6) is 1.89. The van der Waals surface area contributed by atoms with Crippen molar-refractivity contribution >= 4 is 23.4 Å². The predicted octanol–water partition coefficient (Wildman–Crippen LogP) is 4.37. The van der Waals surface area contributed by atoms with Crippen molar-refractivity contribution in [2.75, 3.05) is 5.75 Å². The van der Waals surface area contributed by atoms with Gasteiger partial charge in [-0.2, -0.15) is 0 Å². The molecule has 1 aromatic rings. The highest BCUT2D eigenvalue weighted by atomic mass is 35.5. The standard InChI is InChI=1S/C14H22ClNS/c1-10(2)6-7-17-14-9-13(15)5-4-12(14)8-11(3)16/h4-5,9-11H,6-8,16H2,1-3H3. The minimum Gasteiger partial charge on any atom is -0.328 e. The normalized spacial score (nSPS) is 13.1. The highest BCUT2D eigenvalue weighted by Gasteiger charge is 2.07. The van der Waals surface area contributed by atoms with Crippen molar-refractivity contribution in [1.82, 2.24) is 0 Å². The summed E-state index contributed by atoms with van der Waals surface area (Å²) in [5.41, 5.74) is 7.18.